The molecule has 1 aliphatic carbocycles. The Morgan fingerprint density at radius 2 is 1.87 bits per heavy atom. The number of hydrogen-bond acceptors (Lipinski definition) is 3. The molecular weight excluding hydrogens is 310 g/mol. The van der Waals surface area contributed by atoms with Gasteiger partial charge >= 0.3 is 0 Å². The molecule has 1 aliphatic rings. The first-order valence-corrected chi connectivity index (χ1v) is 10.3. The van der Waals surface area contributed by atoms with Gasteiger partial charge in [-0.2, -0.15) is 0 Å². The standard InChI is InChI=1S/C18H29NO3S/c1-3-4-13-22-18-12-11-17(14-15(18)2)23(20,21)19-16-9-7-5-6-8-10-16/h11-12,14,16,19H,3-10,13H2,1-2H3. The summed E-state index contributed by atoms with van der Waals surface area (Å²) in [5.74, 6) is 0.770. The van der Waals surface area contributed by atoms with Crippen LogP contribution in [0.4, 0.5) is 0 Å². The molecule has 0 saturated heterocycles. The maximum Gasteiger partial charge on any atom is 0.240 e. The van der Waals surface area contributed by atoms with Gasteiger partial charge < -0.3 is 4.74 Å². The van der Waals surface area contributed by atoms with E-state index in [4.69, 9.17) is 4.74 Å². The Hall–Kier alpha value is -1.07. The van der Waals surface area contributed by atoms with E-state index >= 15 is 0 Å². The maximum absolute atomic E-state index is 12.6. The van der Waals surface area contributed by atoms with Crippen LogP contribution in [-0.2, 0) is 10.0 Å². The Balaban J connectivity index is 2.05. The van der Waals surface area contributed by atoms with Gasteiger partial charge in [0.1, 0.15) is 5.75 Å². The van der Waals surface area contributed by atoms with E-state index in [1.807, 2.05) is 6.92 Å². The lowest BCUT2D eigenvalue weighted by molar-refractivity contribution is 0.307. The van der Waals surface area contributed by atoms with Crippen molar-refractivity contribution in [2.24, 2.45) is 0 Å². The first-order chi connectivity index (χ1) is 11.0. The number of benzene rings is 1. The van der Waals surface area contributed by atoms with Gasteiger partial charge in [-0.25, -0.2) is 13.1 Å². The minimum absolute atomic E-state index is 0.0725. The summed E-state index contributed by atoms with van der Waals surface area (Å²) in [6, 6.07) is 5.20. The molecule has 4 nitrogen and oxygen atoms in total. The largest absolute Gasteiger partial charge is 0.493 e. The van der Waals surface area contributed by atoms with E-state index in [-0.39, 0.29) is 6.04 Å². The monoisotopic (exact) mass is 339 g/mol. The highest BCUT2D eigenvalue weighted by Gasteiger charge is 2.21. The Morgan fingerprint density at radius 1 is 1.17 bits per heavy atom. The van der Waals surface area contributed by atoms with E-state index < -0.39 is 10.0 Å². The lowest BCUT2D eigenvalue weighted by Crippen LogP contribution is -2.34. The fraction of sp³-hybridized carbons (Fsp3) is 0.667. The molecule has 0 amide bonds. The number of sulfonamides is 1. The minimum Gasteiger partial charge on any atom is -0.493 e. The summed E-state index contributed by atoms with van der Waals surface area (Å²) in [6.07, 6.45) is 8.60. The SMILES string of the molecule is CCCCOc1ccc(S(=O)(=O)NC2CCCCCC2)cc1C. The Kier molecular flexibility index (Phi) is 6.90. The number of hydrogen-bond donors (Lipinski definition) is 1. The molecule has 130 valence electrons. The van der Waals surface area contributed by atoms with Crippen LogP contribution in [0.5, 0.6) is 5.75 Å². The summed E-state index contributed by atoms with van der Waals surface area (Å²) in [6.45, 7) is 4.68. The van der Waals surface area contributed by atoms with E-state index in [1.165, 1.54) is 12.8 Å². The van der Waals surface area contributed by atoms with Crippen molar-refractivity contribution in [3.8, 4) is 5.75 Å². The van der Waals surface area contributed by atoms with Crippen LogP contribution >= 0.6 is 0 Å². The third-order valence-electron chi connectivity index (χ3n) is 4.39. The molecule has 0 heterocycles. The second-order valence-electron chi connectivity index (χ2n) is 6.44. The van der Waals surface area contributed by atoms with Gasteiger partial charge in [-0.15, -0.1) is 0 Å². The smallest absolute Gasteiger partial charge is 0.240 e. The maximum atomic E-state index is 12.6. The van der Waals surface area contributed by atoms with Crippen molar-refractivity contribution in [3.05, 3.63) is 23.8 Å². The average Bonchev–Trinajstić information content (AvgIpc) is 2.77. The van der Waals surface area contributed by atoms with Gasteiger partial charge in [0.05, 0.1) is 11.5 Å². The van der Waals surface area contributed by atoms with Gasteiger partial charge in [0.15, 0.2) is 0 Å². The van der Waals surface area contributed by atoms with Crippen LogP contribution in [0.1, 0.15) is 63.9 Å². The number of unbranched alkanes of at least 4 members (excludes halogenated alkanes) is 1. The van der Waals surface area contributed by atoms with E-state index in [2.05, 4.69) is 11.6 Å². The molecule has 1 saturated carbocycles. The van der Waals surface area contributed by atoms with Gasteiger partial charge in [-0.3, -0.25) is 0 Å². The highest BCUT2D eigenvalue weighted by atomic mass is 32.2. The predicted molar refractivity (Wildman–Crippen MR) is 93.4 cm³/mol. The molecule has 1 aromatic rings. The average molecular weight is 340 g/mol. The molecule has 2 rings (SSSR count). The van der Waals surface area contributed by atoms with Crippen molar-refractivity contribution in [1.82, 2.24) is 4.72 Å². The number of rotatable bonds is 7. The number of ether oxygens (including phenoxy) is 1. The van der Waals surface area contributed by atoms with Crippen LogP contribution in [0.2, 0.25) is 0 Å². The fourth-order valence-corrected chi connectivity index (χ4v) is 4.35. The van der Waals surface area contributed by atoms with Gasteiger partial charge in [0.2, 0.25) is 10.0 Å². The van der Waals surface area contributed by atoms with Crippen molar-refractivity contribution < 1.29 is 13.2 Å². The molecule has 23 heavy (non-hydrogen) atoms. The zero-order chi connectivity index (χ0) is 16.7. The molecule has 0 atom stereocenters. The van der Waals surface area contributed by atoms with E-state index in [0.29, 0.717) is 11.5 Å². The molecular formula is C18H29NO3S. The fourth-order valence-electron chi connectivity index (χ4n) is 2.96. The van der Waals surface area contributed by atoms with Crippen LogP contribution < -0.4 is 9.46 Å². The van der Waals surface area contributed by atoms with Crippen molar-refractivity contribution in [1.29, 1.82) is 0 Å². The molecule has 0 aromatic heterocycles. The summed E-state index contributed by atoms with van der Waals surface area (Å²) in [5.41, 5.74) is 0.866. The molecule has 0 bridgehead atoms. The molecule has 1 fully saturated rings. The Bertz CT molecular complexity index is 590. The molecule has 0 spiro atoms. The van der Waals surface area contributed by atoms with Gasteiger partial charge in [-0.1, -0.05) is 39.0 Å². The topological polar surface area (TPSA) is 55.4 Å². The second-order valence-corrected chi connectivity index (χ2v) is 8.15. The second kappa shape index (κ2) is 8.69. The third-order valence-corrected chi connectivity index (χ3v) is 5.91. The highest BCUT2D eigenvalue weighted by Crippen LogP contribution is 2.24. The molecule has 0 radical (unpaired) electrons. The first-order valence-electron chi connectivity index (χ1n) is 8.78. The Morgan fingerprint density at radius 3 is 2.48 bits per heavy atom. The summed E-state index contributed by atoms with van der Waals surface area (Å²) < 4.78 is 33.7. The van der Waals surface area contributed by atoms with Gasteiger partial charge in [0.25, 0.3) is 0 Å². The highest BCUT2D eigenvalue weighted by molar-refractivity contribution is 7.89. The first kappa shape index (κ1) is 18.3. The quantitative estimate of drug-likeness (QED) is 0.599. The van der Waals surface area contributed by atoms with E-state index in [0.717, 1.165) is 49.8 Å². The molecule has 5 heteroatoms. The summed E-state index contributed by atoms with van der Waals surface area (Å²) in [5, 5.41) is 0. The van der Waals surface area contributed by atoms with Crippen molar-refractivity contribution in [2.75, 3.05) is 6.61 Å². The normalized spacial score (nSPS) is 17.0. The van der Waals surface area contributed by atoms with Gasteiger partial charge in [-0.05, 0) is 49.9 Å². The minimum atomic E-state index is -3.45. The lowest BCUT2D eigenvalue weighted by Gasteiger charge is -2.17. The van der Waals surface area contributed by atoms with E-state index in [1.54, 1.807) is 18.2 Å². The third kappa shape index (κ3) is 5.50. The van der Waals surface area contributed by atoms with Crippen LogP contribution in [0.3, 0.4) is 0 Å². The number of aryl methyl sites for hydroxylation is 1. The predicted octanol–water partition coefficient (Wildman–Crippen LogP) is 4.18. The summed E-state index contributed by atoms with van der Waals surface area (Å²) >= 11 is 0. The molecule has 0 aliphatic heterocycles. The number of nitrogens with one attached hydrogen (secondary N) is 1. The summed E-state index contributed by atoms with van der Waals surface area (Å²) in [7, 11) is -3.45. The van der Waals surface area contributed by atoms with Crippen molar-refractivity contribution in [2.45, 2.75) is 76.2 Å². The van der Waals surface area contributed by atoms with Crippen molar-refractivity contribution in [3.63, 3.8) is 0 Å². The summed E-state index contributed by atoms with van der Waals surface area (Å²) in [4.78, 5) is 0.335. The van der Waals surface area contributed by atoms with Crippen LogP contribution in [0.25, 0.3) is 0 Å². The molecule has 1 N–H and O–H groups in total. The zero-order valence-corrected chi connectivity index (χ0v) is 15.1. The molecule has 0 unspecified atom stereocenters. The molecule has 1 aromatic carbocycles. The van der Waals surface area contributed by atoms with Crippen molar-refractivity contribution >= 4 is 10.0 Å². The zero-order valence-electron chi connectivity index (χ0n) is 14.3. The van der Waals surface area contributed by atoms with Crippen LogP contribution in [0.15, 0.2) is 23.1 Å². The lowest BCUT2D eigenvalue weighted by atomic mass is 10.1. The van der Waals surface area contributed by atoms with Crippen LogP contribution in [0, 0.1) is 6.92 Å². The van der Waals surface area contributed by atoms with Crippen LogP contribution in [-0.4, -0.2) is 21.1 Å². The van der Waals surface area contributed by atoms with Gasteiger partial charge in [0, 0.05) is 6.04 Å². The van der Waals surface area contributed by atoms with E-state index in [9.17, 15) is 8.42 Å². The Labute approximate surface area is 140 Å².